The Hall–Kier alpha value is -6.16. The first kappa shape index (κ1) is 41.6. The minimum atomic E-state index is -3.92. The smallest absolute Gasteiger partial charge is 0.262 e. The van der Waals surface area contributed by atoms with Gasteiger partial charge >= 0.3 is 0 Å². The van der Waals surface area contributed by atoms with E-state index in [1.165, 1.54) is 11.0 Å². The van der Waals surface area contributed by atoms with Crippen molar-refractivity contribution in [2.24, 2.45) is 11.3 Å². The van der Waals surface area contributed by atoms with Gasteiger partial charge in [-0.25, -0.2) is 13.4 Å². The number of nitrogen functional groups attached to an aromatic ring is 1. The van der Waals surface area contributed by atoms with E-state index in [1.54, 1.807) is 24.3 Å². The van der Waals surface area contributed by atoms with Crippen LogP contribution in [-0.4, -0.2) is 82.6 Å². The van der Waals surface area contributed by atoms with Gasteiger partial charge in [-0.1, -0.05) is 39.0 Å². The molecule has 0 radical (unpaired) electrons. The number of anilines is 2. The second-order valence-corrected chi connectivity index (χ2v) is 19.5. The zero-order valence-electron chi connectivity index (χ0n) is 34.8. The van der Waals surface area contributed by atoms with Crippen LogP contribution < -0.4 is 30.6 Å². The molecule has 0 unspecified atom stereocenters. The molecular weight excluding hydrogens is 799 g/mol. The maximum Gasteiger partial charge on any atom is 0.262 e. The van der Waals surface area contributed by atoms with E-state index < -0.39 is 62.1 Å². The summed E-state index contributed by atoms with van der Waals surface area (Å²) in [4.78, 5) is 54.4. The maximum absolute atomic E-state index is 14.9. The van der Waals surface area contributed by atoms with Crippen LogP contribution in [0.4, 0.5) is 11.4 Å². The number of nitrogens with one attached hydrogen (secondary N) is 3. The standard InChI is InChI=1S/C45H51N7O8S/c1-7-27-23-45(27,43(55)51-61(56,57)32-20-21-32)50-40(53)34-22-31(24-52(34)42(54)38(44(4,5)6)47-29-16-14-28(46)15-17-29)59-41-37-36(33-10-8-9-11-35(33)60-37)48-39(49-41)26-12-18-30(19-13-26)58-25(2)3/h7-19,25,27,31-32,34,38,47H,1,20-24,46H2,2-6H3,(H,50,53)(H,51,55)/t27-,31-,34+,38-,45-/m1/s1. The Kier molecular flexibility index (Phi) is 10.7. The zero-order chi connectivity index (χ0) is 43.4. The largest absolute Gasteiger partial charge is 0.491 e. The number of para-hydroxylation sites is 1. The lowest BCUT2D eigenvalue weighted by Crippen LogP contribution is -2.58. The number of likely N-dealkylation sites (tertiary alicyclic amines) is 1. The molecule has 8 rings (SSSR count). The monoisotopic (exact) mass is 849 g/mol. The molecule has 2 aromatic heterocycles. The van der Waals surface area contributed by atoms with Gasteiger partial charge < -0.3 is 35.2 Å². The second-order valence-electron chi connectivity index (χ2n) is 17.5. The van der Waals surface area contributed by atoms with Gasteiger partial charge in [-0.3, -0.25) is 19.1 Å². The van der Waals surface area contributed by atoms with E-state index in [0.717, 1.165) is 5.39 Å². The van der Waals surface area contributed by atoms with Gasteiger partial charge in [-0.05, 0) is 99.2 Å². The molecule has 61 heavy (non-hydrogen) atoms. The minimum absolute atomic E-state index is 0.00877. The Morgan fingerprint density at radius 1 is 1.02 bits per heavy atom. The Balaban J connectivity index is 1.14. The predicted octanol–water partition coefficient (Wildman–Crippen LogP) is 5.96. The normalized spacial score (nSPS) is 21.9. The quantitative estimate of drug-likeness (QED) is 0.0755. The molecule has 2 saturated carbocycles. The molecule has 16 heteroatoms. The van der Waals surface area contributed by atoms with E-state index in [4.69, 9.17) is 29.6 Å². The fourth-order valence-corrected chi connectivity index (χ4v) is 9.21. The highest BCUT2D eigenvalue weighted by Gasteiger charge is 2.62. The number of hydrogen-bond acceptors (Lipinski definition) is 12. The average molecular weight is 850 g/mol. The van der Waals surface area contributed by atoms with Gasteiger partial charge in [-0.15, -0.1) is 6.58 Å². The number of fused-ring (bicyclic) bond motifs is 3. The van der Waals surface area contributed by atoms with E-state index in [1.807, 2.05) is 83.1 Å². The molecule has 5 aromatic rings. The summed E-state index contributed by atoms with van der Waals surface area (Å²) in [5, 5.41) is 6.33. The van der Waals surface area contributed by atoms with Crippen LogP contribution in [0.5, 0.6) is 11.6 Å². The molecule has 3 amide bonds. The Morgan fingerprint density at radius 3 is 2.36 bits per heavy atom. The highest BCUT2D eigenvalue weighted by Crippen LogP contribution is 2.46. The number of ether oxygens (including phenoxy) is 2. The lowest BCUT2D eigenvalue weighted by Gasteiger charge is -2.36. The van der Waals surface area contributed by atoms with Crippen molar-refractivity contribution in [3.8, 4) is 23.0 Å². The molecule has 1 aliphatic heterocycles. The Bertz CT molecular complexity index is 2620. The van der Waals surface area contributed by atoms with E-state index in [-0.39, 0.29) is 37.3 Å². The van der Waals surface area contributed by atoms with Crippen molar-refractivity contribution >= 4 is 61.2 Å². The van der Waals surface area contributed by atoms with Crippen molar-refractivity contribution in [1.29, 1.82) is 0 Å². The first-order valence-corrected chi connectivity index (χ1v) is 22.1. The molecule has 5 N–H and O–H groups in total. The third kappa shape index (κ3) is 8.45. The van der Waals surface area contributed by atoms with Crippen molar-refractivity contribution in [3.05, 3.63) is 85.5 Å². The first-order chi connectivity index (χ1) is 29.0. The van der Waals surface area contributed by atoms with Gasteiger partial charge in [0, 0.05) is 34.7 Å². The third-order valence-corrected chi connectivity index (χ3v) is 13.2. The van der Waals surface area contributed by atoms with Crippen LogP contribution in [0.15, 0.2) is 89.9 Å². The first-order valence-electron chi connectivity index (χ1n) is 20.5. The van der Waals surface area contributed by atoms with Crippen LogP contribution in [0.2, 0.25) is 0 Å². The molecule has 5 atom stereocenters. The summed E-state index contributed by atoms with van der Waals surface area (Å²) in [5.41, 5.74) is 7.05. The van der Waals surface area contributed by atoms with E-state index in [2.05, 4.69) is 21.9 Å². The lowest BCUT2D eigenvalue weighted by atomic mass is 9.85. The Morgan fingerprint density at radius 2 is 1.72 bits per heavy atom. The van der Waals surface area contributed by atoms with Crippen molar-refractivity contribution in [2.75, 3.05) is 17.6 Å². The molecule has 0 spiro atoms. The molecule has 3 aromatic carbocycles. The highest BCUT2D eigenvalue weighted by atomic mass is 32.2. The summed E-state index contributed by atoms with van der Waals surface area (Å²) in [7, 11) is -3.92. The number of sulfonamides is 1. The number of amides is 3. The van der Waals surface area contributed by atoms with E-state index in [9.17, 15) is 22.8 Å². The number of carbonyl (C=O) groups excluding carboxylic acids is 3. The van der Waals surface area contributed by atoms with Gasteiger partial charge in [-0.2, -0.15) is 4.98 Å². The highest BCUT2D eigenvalue weighted by molar-refractivity contribution is 7.91. The van der Waals surface area contributed by atoms with Crippen LogP contribution in [-0.2, 0) is 24.4 Å². The summed E-state index contributed by atoms with van der Waals surface area (Å²) in [5.74, 6) is -1.19. The van der Waals surface area contributed by atoms with Gasteiger partial charge in [0.05, 0.1) is 17.9 Å². The number of rotatable bonds is 14. The van der Waals surface area contributed by atoms with Crippen molar-refractivity contribution in [1.82, 2.24) is 24.9 Å². The van der Waals surface area contributed by atoms with Gasteiger partial charge in [0.15, 0.2) is 5.82 Å². The second kappa shape index (κ2) is 15.7. The fraction of sp³-hybridized carbons (Fsp3) is 0.400. The van der Waals surface area contributed by atoms with Gasteiger partial charge in [0.25, 0.3) is 11.8 Å². The van der Waals surface area contributed by atoms with Crippen LogP contribution >= 0.6 is 0 Å². The summed E-state index contributed by atoms with van der Waals surface area (Å²) < 4.78 is 46.7. The molecule has 320 valence electrons. The van der Waals surface area contributed by atoms with Crippen LogP contribution in [0, 0.1) is 11.3 Å². The molecule has 1 saturated heterocycles. The van der Waals surface area contributed by atoms with Crippen LogP contribution in [0.1, 0.15) is 60.3 Å². The molecule has 3 aliphatic rings. The van der Waals surface area contributed by atoms with Crippen molar-refractivity contribution in [2.45, 2.75) is 95.4 Å². The van der Waals surface area contributed by atoms with E-state index in [0.29, 0.717) is 58.0 Å². The number of carbonyl (C=O) groups is 3. The summed E-state index contributed by atoms with van der Waals surface area (Å²) in [6.45, 7) is 13.4. The zero-order valence-corrected chi connectivity index (χ0v) is 35.6. The van der Waals surface area contributed by atoms with Crippen LogP contribution in [0.25, 0.3) is 33.5 Å². The molecule has 2 aliphatic carbocycles. The average Bonchev–Trinajstić information content (AvgIpc) is 4.12. The molecular formula is C45H51N7O8S. The number of nitrogens with two attached hydrogens (primary N) is 1. The number of nitrogens with zero attached hydrogens (tertiary/aromatic N) is 3. The molecule has 3 heterocycles. The van der Waals surface area contributed by atoms with Gasteiger partial charge in [0.1, 0.15) is 40.6 Å². The lowest BCUT2D eigenvalue weighted by molar-refractivity contribution is -0.141. The maximum atomic E-state index is 14.9. The minimum Gasteiger partial charge on any atom is -0.491 e. The molecule has 15 nitrogen and oxygen atoms in total. The van der Waals surface area contributed by atoms with Crippen molar-refractivity contribution in [3.63, 3.8) is 0 Å². The van der Waals surface area contributed by atoms with E-state index >= 15 is 0 Å². The SMILES string of the molecule is C=C[C@@H]1C[C@]1(NC(=O)[C@@H]1C[C@@H](Oc2nc(-c3ccc(OC(C)C)cc3)nc3c2oc2ccccc23)CN1C(=O)[C@@H](Nc1ccc(N)cc1)C(C)(C)C)C(=O)NS(=O)(=O)C1CC1. The summed E-state index contributed by atoms with van der Waals surface area (Å²) >= 11 is 0. The molecule has 3 fully saturated rings. The summed E-state index contributed by atoms with van der Waals surface area (Å²) in [6.07, 6.45) is 1.81. The topological polar surface area (TPSA) is 208 Å². The number of aromatic nitrogens is 2. The fourth-order valence-electron chi connectivity index (χ4n) is 7.84. The predicted molar refractivity (Wildman–Crippen MR) is 232 cm³/mol. The van der Waals surface area contributed by atoms with Gasteiger partial charge in [0.2, 0.25) is 27.4 Å². The third-order valence-electron chi connectivity index (χ3n) is 11.4. The number of benzene rings is 3. The van der Waals surface area contributed by atoms with Crippen LogP contribution in [0.3, 0.4) is 0 Å². The number of furan rings is 1. The van der Waals surface area contributed by atoms with Crippen molar-refractivity contribution < 1.29 is 36.7 Å². The molecule has 0 bridgehead atoms. The Labute approximate surface area is 354 Å². The number of hydrogen-bond donors (Lipinski definition) is 4. The summed E-state index contributed by atoms with van der Waals surface area (Å²) in [6, 6.07) is 19.9.